The summed E-state index contributed by atoms with van der Waals surface area (Å²) < 4.78 is 0. The second-order valence-electron chi connectivity index (χ2n) is 3.98. The number of hydrogen-bond acceptors (Lipinski definition) is 4. The lowest BCUT2D eigenvalue weighted by Crippen LogP contribution is -2.13. The zero-order valence-electron chi connectivity index (χ0n) is 10.1. The van der Waals surface area contributed by atoms with Gasteiger partial charge in [-0.05, 0) is 36.8 Å². The highest BCUT2D eigenvalue weighted by Crippen LogP contribution is 2.18. The molecule has 0 amide bonds. The summed E-state index contributed by atoms with van der Waals surface area (Å²) in [5, 5.41) is 11.1. The molecule has 0 spiro atoms. The maximum absolute atomic E-state index is 5.70. The largest absolute Gasteiger partial charge is 0.389 e. The van der Waals surface area contributed by atoms with Gasteiger partial charge in [-0.25, -0.2) is 0 Å². The summed E-state index contributed by atoms with van der Waals surface area (Å²) in [6.07, 6.45) is 1.65. The zero-order chi connectivity index (χ0) is 13.0. The predicted molar refractivity (Wildman–Crippen MR) is 76.4 cm³/mol. The van der Waals surface area contributed by atoms with Gasteiger partial charge in [0.25, 0.3) is 0 Å². The molecule has 4 nitrogen and oxygen atoms in total. The Balaban J connectivity index is 2.18. The molecule has 1 heterocycles. The van der Waals surface area contributed by atoms with E-state index >= 15 is 0 Å². The monoisotopic (exact) mass is 258 g/mol. The molecular formula is C13H14N4S. The van der Waals surface area contributed by atoms with Gasteiger partial charge in [0.1, 0.15) is 4.99 Å². The van der Waals surface area contributed by atoms with E-state index in [0.29, 0.717) is 11.5 Å². The van der Waals surface area contributed by atoms with Crippen molar-refractivity contribution < 1.29 is 0 Å². The van der Waals surface area contributed by atoms with Crippen LogP contribution in [-0.2, 0) is 6.54 Å². The van der Waals surface area contributed by atoms with Gasteiger partial charge in [-0.3, -0.25) is 0 Å². The number of rotatable bonds is 4. The predicted octanol–water partition coefficient (Wildman–Crippen LogP) is 2.03. The Morgan fingerprint density at radius 3 is 2.89 bits per heavy atom. The number of nitrogens with two attached hydrogens (primary N) is 1. The summed E-state index contributed by atoms with van der Waals surface area (Å²) in [5.74, 6) is 0. The van der Waals surface area contributed by atoms with Crippen molar-refractivity contribution in [3.63, 3.8) is 0 Å². The molecule has 1 aromatic carbocycles. The third kappa shape index (κ3) is 3.01. The fourth-order valence-electron chi connectivity index (χ4n) is 1.63. The molecule has 1 aromatic heterocycles. The Morgan fingerprint density at radius 1 is 1.39 bits per heavy atom. The van der Waals surface area contributed by atoms with E-state index in [-0.39, 0.29) is 0 Å². The van der Waals surface area contributed by atoms with E-state index in [4.69, 9.17) is 18.0 Å². The van der Waals surface area contributed by atoms with Crippen molar-refractivity contribution in [2.45, 2.75) is 13.5 Å². The number of anilines is 1. The number of hydrogen-bond donors (Lipinski definition) is 2. The summed E-state index contributed by atoms with van der Waals surface area (Å²) in [6.45, 7) is 2.61. The molecule has 0 radical (unpaired) electrons. The minimum Gasteiger partial charge on any atom is -0.389 e. The molecule has 92 valence electrons. The van der Waals surface area contributed by atoms with E-state index in [0.717, 1.165) is 22.5 Å². The van der Waals surface area contributed by atoms with Crippen molar-refractivity contribution in [3.05, 3.63) is 53.3 Å². The highest BCUT2D eigenvalue weighted by atomic mass is 32.1. The van der Waals surface area contributed by atoms with Crippen molar-refractivity contribution in [1.82, 2.24) is 10.2 Å². The Morgan fingerprint density at radius 2 is 2.22 bits per heavy atom. The Bertz CT molecular complexity index is 554. The first-order valence-corrected chi connectivity index (χ1v) is 5.98. The molecule has 3 N–H and O–H groups in total. The number of thiocarbonyl (C=S) groups is 1. The van der Waals surface area contributed by atoms with E-state index in [1.807, 2.05) is 37.3 Å². The summed E-state index contributed by atoms with van der Waals surface area (Å²) in [5.41, 5.74) is 9.49. The second-order valence-corrected chi connectivity index (χ2v) is 4.42. The van der Waals surface area contributed by atoms with Gasteiger partial charge < -0.3 is 11.1 Å². The van der Waals surface area contributed by atoms with Crippen LogP contribution < -0.4 is 11.1 Å². The summed E-state index contributed by atoms with van der Waals surface area (Å²) in [4.78, 5) is 0.386. The standard InChI is InChI=1S/C13H14N4S/c1-9-4-5-11(13(14)18)12(7-9)15-8-10-3-2-6-16-17-10/h2-7,15H,8H2,1H3,(H2,14,18). The van der Waals surface area contributed by atoms with Crippen LogP contribution in [0.3, 0.4) is 0 Å². The lowest BCUT2D eigenvalue weighted by molar-refractivity contribution is 0.924. The van der Waals surface area contributed by atoms with Gasteiger partial charge in [-0.2, -0.15) is 10.2 Å². The van der Waals surface area contributed by atoms with Gasteiger partial charge >= 0.3 is 0 Å². The number of aryl methyl sites for hydroxylation is 1. The molecule has 18 heavy (non-hydrogen) atoms. The second kappa shape index (κ2) is 5.55. The molecule has 0 saturated heterocycles. The van der Waals surface area contributed by atoms with Crippen LogP contribution in [0.1, 0.15) is 16.8 Å². The lowest BCUT2D eigenvalue weighted by Gasteiger charge is -2.11. The van der Waals surface area contributed by atoms with Crippen LogP contribution in [0.25, 0.3) is 0 Å². The van der Waals surface area contributed by atoms with Gasteiger partial charge in [0.15, 0.2) is 0 Å². The van der Waals surface area contributed by atoms with Gasteiger partial charge in [0.05, 0.1) is 12.2 Å². The first-order valence-electron chi connectivity index (χ1n) is 5.58. The quantitative estimate of drug-likeness (QED) is 0.822. The molecule has 2 aromatic rings. The highest BCUT2D eigenvalue weighted by molar-refractivity contribution is 7.80. The molecule has 2 rings (SSSR count). The SMILES string of the molecule is Cc1ccc(C(N)=S)c(NCc2cccnn2)c1. The summed E-state index contributed by atoms with van der Waals surface area (Å²) in [6, 6.07) is 9.70. The summed E-state index contributed by atoms with van der Waals surface area (Å²) in [7, 11) is 0. The third-order valence-electron chi connectivity index (χ3n) is 2.53. The molecule has 0 aliphatic rings. The molecule has 0 aliphatic heterocycles. The highest BCUT2D eigenvalue weighted by Gasteiger charge is 2.05. The zero-order valence-corrected chi connectivity index (χ0v) is 10.9. The lowest BCUT2D eigenvalue weighted by atomic mass is 10.1. The molecule has 0 aliphatic carbocycles. The maximum atomic E-state index is 5.70. The Labute approximate surface area is 111 Å². The van der Waals surface area contributed by atoms with Gasteiger partial charge in [-0.15, -0.1) is 0 Å². The van der Waals surface area contributed by atoms with Crippen LogP contribution in [0, 0.1) is 6.92 Å². The average Bonchev–Trinajstić information content (AvgIpc) is 2.37. The van der Waals surface area contributed by atoms with Gasteiger partial charge in [0, 0.05) is 17.4 Å². The number of benzene rings is 1. The average molecular weight is 258 g/mol. The van der Waals surface area contributed by atoms with Crippen molar-refractivity contribution in [2.75, 3.05) is 5.32 Å². The Kier molecular flexibility index (Phi) is 3.84. The van der Waals surface area contributed by atoms with E-state index < -0.39 is 0 Å². The molecule has 0 atom stereocenters. The van der Waals surface area contributed by atoms with Crippen molar-refractivity contribution >= 4 is 22.9 Å². The molecular weight excluding hydrogens is 244 g/mol. The van der Waals surface area contributed by atoms with Crippen molar-refractivity contribution in [3.8, 4) is 0 Å². The fourth-order valence-corrected chi connectivity index (χ4v) is 1.81. The number of nitrogens with zero attached hydrogens (tertiary/aromatic N) is 2. The van der Waals surface area contributed by atoms with E-state index in [1.54, 1.807) is 6.20 Å². The van der Waals surface area contributed by atoms with E-state index in [9.17, 15) is 0 Å². The number of aromatic nitrogens is 2. The van der Waals surface area contributed by atoms with Crippen LogP contribution >= 0.6 is 12.2 Å². The van der Waals surface area contributed by atoms with E-state index in [1.165, 1.54) is 0 Å². The number of nitrogens with one attached hydrogen (secondary N) is 1. The van der Waals surface area contributed by atoms with Gasteiger partial charge in [-0.1, -0.05) is 18.3 Å². The van der Waals surface area contributed by atoms with E-state index in [2.05, 4.69) is 15.5 Å². The van der Waals surface area contributed by atoms with Gasteiger partial charge in [0.2, 0.25) is 0 Å². The van der Waals surface area contributed by atoms with Crippen LogP contribution in [0.15, 0.2) is 36.5 Å². The molecule has 0 fully saturated rings. The molecule has 0 saturated carbocycles. The first-order chi connectivity index (χ1) is 8.66. The fraction of sp³-hybridized carbons (Fsp3) is 0.154. The third-order valence-corrected chi connectivity index (χ3v) is 2.75. The first kappa shape index (κ1) is 12.4. The van der Waals surface area contributed by atoms with Crippen LogP contribution in [0.4, 0.5) is 5.69 Å². The maximum Gasteiger partial charge on any atom is 0.106 e. The van der Waals surface area contributed by atoms with Crippen molar-refractivity contribution in [2.24, 2.45) is 5.73 Å². The molecule has 5 heteroatoms. The van der Waals surface area contributed by atoms with Crippen molar-refractivity contribution in [1.29, 1.82) is 0 Å². The smallest absolute Gasteiger partial charge is 0.106 e. The minimum atomic E-state index is 0.386. The van der Waals surface area contributed by atoms with Crippen LogP contribution in [0.5, 0.6) is 0 Å². The summed E-state index contributed by atoms with van der Waals surface area (Å²) >= 11 is 5.03. The minimum absolute atomic E-state index is 0.386. The Hall–Kier alpha value is -2.01. The van der Waals surface area contributed by atoms with Crippen LogP contribution in [0.2, 0.25) is 0 Å². The molecule has 0 unspecified atom stereocenters. The van der Waals surface area contributed by atoms with Crippen LogP contribution in [-0.4, -0.2) is 15.2 Å². The topological polar surface area (TPSA) is 63.8 Å². The molecule has 0 bridgehead atoms. The normalized spacial score (nSPS) is 10.1.